The molecule has 5 heteroatoms. The van der Waals surface area contributed by atoms with Gasteiger partial charge >= 0.3 is 0 Å². The van der Waals surface area contributed by atoms with Crippen molar-refractivity contribution in [2.45, 2.75) is 24.6 Å². The molecule has 0 saturated carbocycles. The highest BCUT2D eigenvalue weighted by molar-refractivity contribution is 4.90. The molecule has 2 saturated heterocycles. The molecule has 0 bridgehead atoms. The zero-order valence-electron chi connectivity index (χ0n) is 6.80. The zero-order chi connectivity index (χ0) is 8.55. The van der Waals surface area contributed by atoms with E-state index in [1.54, 1.807) is 7.11 Å². The topological polar surface area (TPSA) is 57.2 Å². The van der Waals surface area contributed by atoms with Crippen LogP contribution in [0.2, 0.25) is 0 Å². The van der Waals surface area contributed by atoms with E-state index in [4.69, 9.17) is 24.1 Å². The first kappa shape index (κ1) is 8.40. The molecule has 5 nitrogen and oxygen atoms in total. The van der Waals surface area contributed by atoms with E-state index in [9.17, 15) is 0 Å². The van der Waals surface area contributed by atoms with Gasteiger partial charge in [-0.3, -0.25) is 0 Å². The van der Waals surface area contributed by atoms with Gasteiger partial charge < -0.3 is 24.1 Å². The Balaban J connectivity index is 2.05. The van der Waals surface area contributed by atoms with Crippen LogP contribution in [-0.2, 0) is 18.9 Å². The van der Waals surface area contributed by atoms with Crippen LogP contribution >= 0.6 is 0 Å². The van der Waals surface area contributed by atoms with Crippen LogP contribution in [0, 0.1) is 0 Å². The van der Waals surface area contributed by atoms with E-state index in [-0.39, 0.29) is 31.7 Å². The van der Waals surface area contributed by atoms with Gasteiger partial charge in [0.1, 0.15) is 25.1 Å². The Labute approximate surface area is 70.2 Å². The standard InChI is InChI=1S/C7H12O5/c1-9-7-6-5(10-3-11-6)4(2-8)12-7/h4-8H,2-3H2,1H3/t4-,5+,6+,7+/m1/s1. The van der Waals surface area contributed by atoms with Crippen molar-refractivity contribution in [1.82, 2.24) is 0 Å². The van der Waals surface area contributed by atoms with E-state index in [1.165, 1.54) is 0 Å². The summed E-state index contributed by atoms with van der Waals surface area (Å²) in [5.74, 6) is 0. The molecule has 2 aliphatic rings. The Bertz CT molecular complexity index is 146. The minimum Gasteiger partial charge on any atom is -0.394 e. The van der Waals surface area contributed by atoms with Crippen molar-refractivity contribution in [2.24, 2.45) is 0 Å². The van der Waals surface area contributed by atoms with Crippen LogP contribution in [0.25, 0.3) is 0 Å². The molecular weight excluding hydrogens is 164 g/mol. The highest BCUT2D eigenvalue weighted by Crippen LogP contribution is 2.30. The van der Waals surface area contributed by atoms with Gasteiger partial charge in [-0.25, -0.2) is 0 Å². The van der Waals surface area contributed by atoms with Crippen molar-refractivity contribution in [1.29, 1.82) is 0 Å². The number of aliphatic hydroxyl groups excluding tert-OH is 1. The van der Waals surface area contributed by atoms with Gasteiger partial charge in [-0.1, -0.05) is 0 Å². The van der Waals surface area contributed by atoms with Gasteiger partial charge in [-0.05, 0) is 0 Å². The number of hydrogen-bond donors (Lipinski definition) is 1. The first-order valence-electron chi connectivity index (χ1n) is 3.89. The predicted molar refractivity (Wildman–Crippen MR) is 37.4 cm³/mol. The molecule has 2 fully saturated rings. The summed E-state index contributed by atoms with van der Waals surface area (Å²) in [5.41, 5.74) is 0. The van der Waals surface area contributed by atoms with E-state index < -0.39 is 6.29 Å². The third-order valence-electron chi connectivity index (χ3n) is 2.20. The number of rotatable bonds is 2. The number of fused-ring (bicyclic) bond motifs is 1. The molecule has 0 radical (unpaired) electrons. The molecule has 2 rings (SSSR count). The first-order chi connectivity index (χ1) is 5.86. The Hall–Kier alpha value is -0.200. The Morgan fingerprint density at radius 3 is 2.83 bits per heavy atom. The fourth-order valence-corrected chi connectivity index (χ4v) is 1.60. The second kappa shape index (κ2) is 3.27. The van der Waals surface area contributed by atoms with E-state index in [0.717, 1.165) is 0 Å². The summed E-state index contributed by atoms with van der Waals surface area (Å²) in [6.07, 6.45) is -1.09. The summed E-state index contributed by atoms with van der Waals surface area (Å²) in [6, 6.07) is 0. The van der Waals surface area contributed by atoms with Gasteiger partial charge in [0.05, 0.1) is 6.61 Å². The maximum absolute atomic E-state index is 8.91. The lowest BCUT2D eigenvalue weighted by atomic mass is 10.1. The average molecular weight is 176 g/mol. The van der Waals surface area contributed by atoms with Crippen molar-refractivity contribution in [2.75, 3.05) is 20.5 Å². The quantitative estimate of drug-likeness (QED) is 0.590. The molecule has 2 aliphatic heterocycles. The van der Waals surface area contributed by atoms with E-state index in [2.05, 4.69) is 0 Å². The van der Waals surface area contributed by atoms with Crippen LogP contribution in [0.15, 0.2) is 0 Å². The predicted octanol–water partition coefficient (Wildman–Crippen LogP) is -0.909. The maximum atomic E-state index is 8.91. The second-order valence-corrected chi connectivity index (χ2v) is 2.84. The molecule has 1 N–H and O–H groups in total. The van der Waals surface area contributed by atoms with Crippen molar-refractivity contribution >= 4 is 0 Å². The average Bonchev–Trinajstić information content (AvgIpc) is 2.63. The molecule has 70 valence electrons. The van der Waals surface area contributed by atoms with Crippen molar-refractivity contribution in [3.8, 4) is 0 Å². The van der Waals surface area contributed by atoms with Crippen molar-refractivity contribution in [3.63, 3.8) is 0 Å². The minimum absolute atomic E-state index is 0.0651. The van der Waals surface area contributed by atoms with Crippen LogP contribution in [0.3, 0.4) is 0 Å². The molecule has 4 atom stereocenters. The lowest BCUT2D eigenvalue weighted by Crippen LogP contribution is -2.31. The van der Waals surface area contributed by atoms with Crippen molar-refractivity contribution in [3.05, 3.63) is 0 Å². The van der Waals surface area contributed by atoms with Crippen LogP contribution in [0.4, 0.5) is 0 Å². The van der Waals surface area contributed by atoms with Gasteiger partial charge in [0.25, 0.3) is 0 Å². The Kier molecular flexibility index (Phi) is 2.29. The first-order valence-corrected chi connectivity index (χ1v) is 3.89. The lowest BCUT2D eigenvalue weighted by Gasteiger charge is -2.13. The summed E-state index contributed by atoms with van der Waals surface area (Å²) < 4.78 is 20.8. The van der Waals surface area contributed by atoms with Gasteiger partial charge in [-0.15, -0.1) is 0 Å². The van der Waals surface area contributed by atoms with Crippen LogP contribution in [-0.4, -0.2) is 50.2 Å². The Morgan fingerprint density at radius 1 is 1.42 bits per heavy atom. The third-order valence-corrected chi connectivity index (χ3v) is 2.20. The summed E-state index contributed by atoms with van der Waals surface area (Å²) >= 11 is 0. The molecule has 0 aliphatic carbocycles. The number of ether oxygens (including phenoxy) is 4. The number of hydrogen-bond acceptors (Lipinski definition) is 5. The van der Waals surface area contributed by atoms with Gasteiger partial charge in [0.15, 0.2) is 6.29 Å². The van der Waals surface area contributed by atoms with Crippen LogP contribution in [0.5, 0.6) is 0 Å². The van der Waals surface area contributed by atoms with Gasteiger partial charge in [0, 0.05) is 7.11 Å². The minimum atomic E-state index is -0.408. The van der Waals surface area contributed by atoms with E-state index >= 15 is 0 Å². The summed E-state index contributed by atoms with van der Waals surface area (Å²) in [7, 11) is 1.54. The maximum Gasteiger partial charge on any atom is 0.186 e. The molecule has 0 aromatic carbocycles. The Morgan fingerprint density at radius 2 is 2.17 bits per heavy atom. The molecule has 0 aromatic heterocycles. The molecule has 12 heavy (non-hydrogen) atoms. The largest absolute Gasteiger partial charge is 0.394 e. The smallest absolute Gasteiger partial charge is 0.186 e. The number of methoxy groups -OCH3 is 1. The molecule has 0 amide bonds. The second-order valence-electron chi connectivity index (χ2n) is 2.84. The molecule has 0 unspecified atom stereocenters. The molecule has 2 heterocycles. The van der Waals surface area contributed by atoms with Crippen LogP contribution in [0.1, 0.15) is 0 Å². The summed E-state index contributed by atoms with van der Waals surface area (Å²) in [6.45, 7) is 0.194. The molecular formula is C7H12O5. The normalized spacial score (nSPS) is 46.5. The van der Waals surface area contributed by atoms with Crippen molar-refractivity contribution < 1.29 is 24.1 Å². The fraction of sp³-hybridized carbons (Fsp3) is 1.00. The zero-order valence-corrected chi connectivity index (χ0v) is 6.80. The highest BCUT2D eigenvalue weighted by atomic mass is 16.8. The van der Waals surface area contributed by atoms with E-state index in [0.29, 0.717) is 0 Å². The van der Waals surface area contributed by atoms with Gasteiger partial charge in [-0.2, -0.15) is 0 Å². The fourth-order valence-electron chi connectivity index (χ4n) is 1.60. The lowest BCUT2D eigenvalue weighted by molar-refractivity contribution is -0.177. The molecule has 0 spiro atoms. The molecule has 0 aromatic rings. The monoisotopic (exact) mass is 176 g/mol. The number of aliphatic hydroxyl groups is 1. The summed E-state index contributed by atoms with van der Waals surface area (Å²) in [4.78, 5) is 0. The van der Waals surface area contributed by atoms with E-state index in [1.807, 2.05) is 0 Å². The SMILES string of the molecule is CO[C@H]1O[C@H](CO)[C@@H]2OCO[C@H]12. The van der Waals surface area contributed by atoms with Crippen LogP contribution < -0.4 is 0 Å². The summed E-state index contributed by atoms with van der Waals surface area (Å²) in [5, 5.41) is 8.91. The highest BCUT2D eigenvalue weighted by Gasteiger charge is 2.49. The van der Waals surface area contributed by atoms with Gasteiger partial charge in [0.2, 0.25) is 0 Å². The third kappa shape index (κ3) is 1.14.